The van der Waals surface area contributed by atoms with Gasteiger partial charge in [0.25, 0.3) is 5.91 Å². The summed E-state index contributed by atoms with van der Waals surface area (Å²) in [7, 11) is 3.56. The van der Waals surface area contributed by atoms with Crippen molar-refractivity contribution in [3.63, 3.8) is 0 Å². The Morgan fingerprint density at radius 1 is 1.28 bits per heavy atom. The number of amides is 1. The Morgan fingerprint density at radius 2 is 2.00 bits per heavy atom. The summed E-state index contributed by atoms with van der Waals surface area (Å²) in [5.74, 6) is 0.424. The van der Waals surface area contributed by atoms with E-state index >= 15 is 0 Å². The molecule has 5 nitrogen and oxygen atoms in total. The third-order valence-corrected chi connectivity index (χ3v) is 3.68. The first kappa shape index (κ1) is 23.8. The highest BCUT2D eigenvalue weighted by Crippen LogP contribution is 2.32. The molecule has 0 aliphatic rings. The van der Waals surface area contributed by atoms with E-state index in [9.17, 15) is 4.79 Å². The molecule has 25 heavy (non-hydrogen) atoms. The highest BCUT2D eigenvalue weighted by molar-refractivity contribution is 6.35. The van der Waals surface area contributed by atoms with Gasteiger partial charge in [-0.3, -0.25) is 4.79 Å². The summed E-state index contributed by atoms with van der Waals surface area (Å²) in [6, 6.07) is 8.23. The summed E-state index contributed by atoms with van der Waals surface area (Å²) in [6.07, 6.45) is 1.56. The molecule has 2 aromatic rings. The van der Waals surface area contributed by atoms with Gasteiger partial charge in [0.15, 0.2) is 0 Å². The predicted molar refractivity (Wildman–Crippen MR) is 106 cm³/mol. The summed E-state index contributed by atoms with van der Waals surface area (Å²) in [6.45, 7) is 1.27. The highest BCUT2D eigenvalue weighted by atomic mass is 35.5. The zero-order valence-electron chi connectivity index (χ0n) is 13.7. The van der Waals surface area contributed by atoms with Gasteiger partial charge in [-0.05, 0) is 37.4 Å². The van der Waals surface area contributed by atoms with Crippen LogP contribution in [0.4, 0.5) is 0 Å². The van der Waals surface area contributed by atoms with E-state index in [0.29, 0.717) is 34.4 Å². The largest absolute Gasteiger partial charge is 0.437 e. The van der Waals surface area contributed by atoms with Crippen LogP contribution in [0.25, 0.3) is 0 Å². The van der Waals surface area contributed by atoms with Gasteiger partial charge in [-0.15, -0.1) is 24.8 Å². The van der Waals surface area contributed by atoms with Gasteiger partial charge in [0.1, 0.15) is 11.3 Å². The number of carbonyl (C=O) groups excluding carboxylic acids is 1. The number of pyridine rings is 1. The topological polar surface area (TPSA) is 54.5 Å². The molecule has 0 bridgehead atoms. The molecule has 1 amide bonds. The lowest BCUT2D eigenvalue weighted by atomic mass is 10.2. The van der Waals surface area contributed by atoms with Crippen LogP contribution in [0.5, 0.6) is 11.6 Å². The van der Waals surface area contributed by atoms with Gasteiger partial charge in [-0.2, -0.15) is 0 Å². The Kier molecular flexibility index (Phi) is 10.8. The number of hydrogen-bond acceptors (Lipinski definition) is 4. The van der Waals surface area contributed by atoms with Crippen LogP contribution >= 0.6 is 48.0 Å². The molecule has 0 radical (unpaired) electrons. The molecule has 2 rings (SSSR count). The third kappa shape index (κ3) is 6.53. The number of aromatic nitrogens is 1. The van der Waals surface area contributed by atoms with Crippen molar-refractivity contribution in [1.82, 2.24) is 15.2 Å². The van der Waals surface area contributed by atoms with Crippen LogP contribution in [0.3, 0.4) is 0 Å². The molecule has 1 aromatic carbocycles. The summed E-state index contributed by atoms with van der Waals surface area (Å²) in [5.41, 5.74) is 0.372. The minimum atomic E-state index is -0.173. The maximum atomic E-state index is 12.5. The number of halogens is 4. The summed E-state index contributed by atoms with van der Waals surface area (Å²) in [5, 5.41) is 3.86. The standard InChI is InChI=1S/C16H17Cl2N3O2.2ClH/c1-19-8-9-21(2)16(22)12-4-3-7-20-15(12)23-14-6-5-11(17)10-13(14)18;;/h3-7,10,19H,8-9H2,1-2H3;2*1H. The third-order valence-electron chi connectivity index (χ3n) is 3.15. The summed E-state index contributed by atoms with van der Waals surface area (Å²) in [4.78, 5) is 18.3. The number of nitrogens with one attached hydrogen (secondary N) is 1. The Morgan fingerprint density at radius 3 is 2.64 bits per heavy atom. The second-order valence-corrected chi connectivity index (χ2v) is 5.71. The molecule has 0 unspecified atom stereocenters. The molecule has 0 saturated heterocycles. The number of benzene rings is 1. The van der Waals surface area contributed by atoms with Crippen molar-refractivity contribution in [1.29, 1.82) is 0 Å². The number of rotatable bonds is 6. The lowest BCUT2D eigenvalue weighted by molar-refractivity contribution is 0.0793. The maximum absolute atomic E-state index is 12.5. The van der Waals surface area contributed by atoms with Crippen molar-refractivity contribution in [3.8, 4) is 11.6 Å². The fourth-order valence-corrected chi connectivity index (χ4v) is 2.33. The molecule has 0 saturated carbocycles. The van der Waals surface area contributed by atoms with Crippen molar-refractivity contribution in [2.24, 2.45) is 0 Å². The fourth-order valence-electron chi connectivity index (χ4n) is 1.88. The number of ether oxygens (including phenoxy) is 1. The molecule has 0 spiro atoms. The number of hydrogen-bond donors (Lipinski definition) is 1. The molecular formula is C16H19Cl4N3O2. The van der Waals surface area contributed by atoms with Gasteiger partial charge < -0.3 is 15.0 Å². The predicted octanol–water partition coefficient (Wildman–Crippen LogP) is 4.32. The van der Waals surface area contributed by atoms with Gasteiger partial charge >= 0.3 is 0 Å². The van der Waals surface area contributed by atoms with E-state index in [1.165, 1.54) is 0 Å². The van der Waals surface area contributed by atoms with Crippen LogP contribution in [-0.4, -0.2) is 43.0 Å². The quantitative estimate of drug-likeness (QED) is 0.747. The van der Waals surface area contributed by atoms with E-state index in [-0.39, 0.29) is 36.6 Å². The van der Waals surface area contributed by atoms with E-state index in [2.05, 4.69) is 10.3 Å². The minimum Gasteiger partial charge on any atom is -0.437 e. The van der Waals surface area contributed by atoms with Crippen molar-refractivity contribution in [3.05, 3.63) is 52.1 Å². The van der Waals surface area contributed by atoms with Gasteiger partial charge in [0.2, 0.25) is 5.88 Å². The molecule has 9 heteroatoms. The maximum Gasteiger partial charge on any atom is 0.259 e. The first-order valence-corrected chi connectivity index (χ1v) is 7.76. The van der Waals surface area contributed by atoms with E-state index in [4.69, 9.17) is 27.9 Å². The summed E-state index contributed by atoms with van der Waals surface area (Å²) >= 11 is 12.0. The molecular weight excluding hydrogens is 408 g/mol. The molecule has 1 heterocycles. The zero-order valence-corrected chi connectivity index (χ0v) is 16.8. The van der Waals surface area contributed by atoms with E-state index in [0.717, 1.165) is 0 Å². The lowest BCUT2D eigenvalue weighted by Gasteiger charge is -2.18. The molecule has 0 atom stereocenters. The second kappa shape index (κ2) is 11.4. The van der Waals surface area contributed by atoms with Crippen LogP contribution in [0, 0.1) is 0 Å². The Balaban J connectivity index is 0.00000288. The van der Waals surface area contributed by atoms with Crippen molar-refractivity contribution in [2.75, 3.05) is 27.2 Å². The first-order valence-electron chi connectivity index (χ1n) is 7.01. The van der Waals surface area contributed by atoms with Crippen molar-refractivity contribution >= 4 is 53.9 Å². The smallest absolute Gasteiger partial charge is 0.259 e. The van der Waals surface area contributed by atoms with Gasteiger partial charge in [-0.25, -0.2) is 4.98 Å². The zero-order chi connectivity index (χ0) is 16.8. The highest BCUT2D eigenvalue weighted by Gasteiger charge is 2.18. The Bertz CT molecular complexity index is 701. The molecule has 1 N–H and O–H groups in total. The van der Waals surface area contributed by atoms with E-state index in [1.54, 1.807) is 48.5 Å². The molecule has 0 aliphatic heterocycles. The Hall–Kier alpha value is -1.24. The van der Waals surface area contributed by atoms with Crippen LogP contribution in [0.1, 0.15) is 10.4 Å². The lowest BCUT2D eigenvalue weighted by Crippen LogP contribution is -2.33. The SMILES string of the molecule is CNCCN(C)C(=O)c1cccnc1Oc1ccc(Cl)cc1Cl.Cl.Cl. The molecule has 138 valence electrons. The van der Waals surface area contributed by atoms with Crippen molar-refractivity contribution in [2.45, 2.75) is 0 Å². The van der Waals surface area contributed by atoms with E-state index < -0.39 is 0 Å². The van der Waals surface area contributed by atoms with Crippen molar-refractivity contribution < 1.29 is 9.53 Å². The Labute approximate surface area is 169 Å². The number of likely N-dealkylation sites (N-methyl/N-ethyl adjacent to an activating group) is 2. The van der Waals surface area contributed by atoms with Crippen LogP contribution < -0.4 is 10.1 Å². The first-order chi connectivity index (χ1) is 11.0. The van der Waals surface area contributed by atoms with Crippen LogP contribution in [-0.2, 0) is 0 Å². The normalized spacial score (nSPS) is 9.60. The fraction of sp³-hybridized carbons (Fsp3) is 0.250. The van der Waals surface area contributed by atoms with Gasteiger partial charge in [-0.1, -0.05) is 23.2 Å². The molecule has 0 aliphatic carbocycles. The summed E-state index contributed by atoms with van der Waals surface area (Å²) < 4.78 is 5.71. The number of nitrogens with zero attached hydrogens (tertiary/aromatic N) is 2. The number of carbonyl (C=O) groups is 1. The van der Waals surface area contributed by atoms with Gasteiger partial charge in [0, 0.05) is 31.4 Å². The minimum absolute atomic E-state index is 0. The molecule has 0 fully saturated rings. The van der Waals surface area contributed by atoms with Crippen LogP contribution in [0.15, 0.2) is 36.5 Å². The van der Waals surface area contributed by atoms with Crippen LogP contribution in [0.2, 0.25) is 10.0 Å². The second-order valence-electron chi connectivity index (χ2n) is 4.86. The van der Waals surface area contributed by atoms with Gasteiger partial charge in [0.05, 0.1) is 5.02 Å². The van der Waals surface area contributed by atoms with E-state index in [1.807, 2.05) is 7.05 Å². The average molecular weight is 427 g/mol. The average Bonchev–Trinajstić information content (AvgIpc) is 2.55. The monoisotopic (exact) mass is 425 g/mol. The molecule has 1 aromatic heterocycles.